The lowest BCUT2D eigenvalue weighted by atomic mass is 10.1. The second kappa shape index (κ2) is 6.96. The van der Waals surface area contributed by atoms with Gasteiger partial charge in [0.2, 0.25) is 5.96 Å². The smallest absolute Gasteiger partial charge is 0.302 e. The zero-order chi connectivity index (χ0) is 19.9. The number of anilines is 1. The Kier molecular flexibility index (Phi) is 4.60. The summed E-state index contributed by atoms with van der Waals surface area (Å²) < 4.78 is 30.5. The first kappa shape index (κ1) is 18.5. The number of benzene rings is 2. The van der Waals surface area contributed by atoms with Gasteiger partial charge in [-0.05, 0) is 25.1 Å². The predicted octanol–water partition coefficient (Wildman–Crippen LogP) is 3.87. The fourth-order valence-electron chi connectivity index (χ4n) is 3.14. The maximum Gasteiger partial charge on any atom is 0.302 e. The summed E-state index contributed by atoms with van der Waals surface area (Å²) in [5.74, 6) is 0.321. The fourth-order valence-corrected chi connectivity index (χ4v) is 4.57. The van der Waals surface area contributed by atoms with Crippen molar-refractivity contribution in [2.75, 3.05) is 11.6 Å². The molecule has 7 nitrogen and oxygen atoms in total. The molecule has 3 aromatic rings. The van der Waals surface area contributed by atoms with Gasteiger partial charge in [-0.25, -0.2) is 13.4 Å². The number of hydrogen-bond acceptors (Lipinski definition) is 7. The average Bonchev–Trinajstić information content (AvgIpc) is 3.02. The van der Waals surface area contributed by atoms with Crippen molar-refractivity contribution in [1.29, 1.82) is 0 Å². The third-order valence-electron chi connectivity index (χ3n) is 4.30. The second-order valence-electron chi connectivity index (χ2n) is 6.40. The molecular formula is C19H17ClN4O3S. The average molecular weight is 417 g/mol. The van der Waals surface area contributed by atoms with Gasteiger partial charge >= 0.3 is 6.01 Å². The van der Waals surface area contributed by atoms with Gasteiger partial charge in [-0.1, -0.05) is 41.9 Å². The lowest BCUT2D eigenvalue weighted by Gasteiger charge is -2.26. The van der Waals surface area contributed by atoms with Gasteiger partial charge in [0, 0.05) is 22.5 Å². The van der Waals surface area contributed by atoms with Gasteiger partial charge in [-0.15, -0.1) is 0 Å². The van der Waals surface area contributed by atoms with Crippen molar-refractivity contribution in [1.82, 2.24) is 10.3 Å². The molecule has 0 aliphatic carbocycles. The van der Waals surface area contributed by atoms with Gasteiger partial charge in [0.15, 0.2) is 15.4 Å². The third kappa shape index (κ3) is 3.48. The summed E-state index contributed by atoms with van der Waals surface area (Å²) in [6.45, 7) is 1.68. The minimum Gasteiger partial charge on any atom is -0.423 e. The van der Waals surface area contributed by atoms with Gasteiger partial charge in [0.1, 0.15) is 11.6 Å². The maximum atomic E-state index is 12.4. The predicted molar refractivity (Wildman–Crippen MR) is 110 cm³/mol. The summed E-state index contributed by atoms with van der Waals surface area (Å²) >= 11 is 6.32. The van der Waals surface area contributed by atoms with Crippen LogP contribution in [0.4, 0.5) is 6.01 Å². The number of oxazole rings is 1. The zero-order valence-corrected chi connectivity index (χ0v) is 16.7. The molecule has 28 heavy (non-hydrogen) atoms. The van der Waals surface area contributed by atoms with Gasteiger partial charge < -0.3 is 9.73 Å². The Morgan fingerprint density at radius 3 is 2.57 bits per heavy atom. The van der Waals surface area contributed by atoms with E-state index in [1.54, 1.807) is 31.2 Å². The molecule has 0 fully saturated rings. The molecule has 0 bridgehead atoms. The number of nitrogens with one attached hydrogen (secondary N) is 2. The Morgan fingerprint density at radius 1 is 1.14 bits per heavy atom. The molecule has 144 valence electrons. The van der Waals surface area contributed by atoms with Crippen molar-refractivity contribution in [2.45, 2.75) is 13.0 Å². The van der Waals surface area contributed by atoms with E-state index in [9.17, 15) is 8.42 Å². The number of rotatable bonds is 3. The number of guanidine groups is 1. The van der Waals surface area contributed by atoms with Gasteiger partial charge in [0.25, 0.3) is 0 Å². The van der Waals surface area contributed by atoms with Crippen LogP contribution in [0.5, 0.6) is 0 Å². The lowest BCUT2D eigenvalue weighted by molar-refractivity contribution is 0.601. The number of sulfone groups is 1. The van der Waals surface area contributed by atoms with Crippen LogP contribution in [0.15, 0.2) is 68.5 Å². The summed E-state index contributed by atoms with van der Waals surface area (Å²) in [6, 6.07) is 13.9. The summed E-state index contributed by atoms with van der Waals surface area (Å²) in [6.07, 6.45) is 1.16. The normalized spacial score (nSPS) is 17.4. The summed E-state index contributed by atoms with van der Waals surface area (Å²) in [5, 5.41) is 6.40. The summed E-state index contributed by atoms with van der Waals surface area (Å²) in [5.41, 5.74) is 2.39. The highest BCUT2D eigenvalue weighted by atomic mass is 35.5. The molecule has 1 unspecified atom stereocenters. The van der Waals surface area contributed by atoms with Crippen LogP contribution < -0.4 is 10.6 Å². The van der Waals surface area contributed by atoms with E-state index in [-0.39, 0.29) is 10.9 Å². The topological polar surface area (TPSA) is 96.6 Å². The van der Waals surface area contributed by atoms with E-state index in [0.29, 0.717) is 33.3 Å². The van der Waals surface area contributed by atoms with E-state index < -0.39 is 15.9 Å². The Bertz CT molecular complexity index is 1200. The first-order valence-electron chi connectivity index (χ1n) is 8.45. The Balaban J connectivity index is 1.76. The molecule has 1 aromatic heterocycles. The molecule has 2 aromatic carbocycles. The number of para-hydroxylation sites is 2. The standard InChI is InChI=1S/C19H17ClN4O3S/c1-11-17(28(2,25)26)16(12-7-3-4-8-13(12)20)23-18(21-11)24-19-22-14-9-5-6-10-15(14)27-19/h3-10,16H,1-2H3,(H2,21,22,23,24). The van der Waals surface area contributed by atoms with Crippen molar-refractivity contribution in [2.24, 2.45) is 4.99 Å². The van der Waals surface area contributed by atoms with Crippen LogP contribution in [0.1, 0.15) is 18.5 Å². The first-order valence-corrected chi connectivity index (χ1v) is 10.7. The number of nitrogens with zero attached hydrogens (tertiary/aromatic N) is 2. The van der Waals surface area contributed by atoms with Crippen LogP contribution in [0.2, 0.25) is 5.02 Å². The van der Waals surface area contributed by atoms with Crippen LogP contribution in [0, 0.1) is 0 Å². The SMILES string of the molecule is CC1=C(S(C)(=O)=O)C(c2ccccc2Cl)N=C(Nc2nc3ccccc3o2)N1. The quantitative estimate of drug-likeness (QED) is 0.672. The van der Waals surface area contributed by atoms with Crippen LogP contribution in [-0.4, -0.2) is 25.6 Å². The Morgan fingerprint density at radius 2 is 1.86 bits per heavy atom. The van der Waals surface area contributed by atoms with Crippen LogP contribution >= 0.6 is 11.6 Å². The third-order valence-corrected chi connectivity index (χ3v) is 5.97. The van der Waals surface area contributed by atoms with E-state index in [0.717, 1.165) is 6.26 Å². The second-order valence-corrected chi connectivity index (χ2v) is 8.79. The number of aromatic nitrogens is 1. The van der Waals surface area contributed by atoms with E-state index in [1.165, 1.54) is 0 Å². The van der Waals surface area contributed by atoms with Crippen LogP contribution in [-0.2, 0) is 9.84 Å². The summed E-state index contributed by atoms with van der Waals surface area (Å²) in [4.78, 5) is 9.08. The van der Waals surface area contributed by atoms with Crippen LogP contribution in [0.25, 0.3) is 11.1 Å². The molecule has 2 N–H and O–H groups in total. The minimum atomic E-state index is -3.52. The van der Waals surface area contributed by atoms with E-state index >= 15 is 0 Å². The molecule has 2 heterocycles. The van der Waals surface area contributed by atoms with E-state index in [4.69, 9.17) is 16.0 Å². The highest BCUT2D eigenvalue weighted by Crippen LogP contribution is 2.37. The number of hydrogen-bond donors (Lipinski definition) is 2. The fraction of sp³-hybridized carbons (Fsp3) is 0.158. The molecule has 0 saturated heterocycles. The highest BCUT2D eigenvalue weighted by molar-refractivity contribution is 7.94. The van der Waals surface area contributed by atoms with Gasteiger partial charge in [0.05, 0.1) is 4.91 Å². The summed E-state index contributed by atoms with van der Waals surface area (Å²) in [7, 11) is -3.52. The molecule has 1 aliphatic rings. The number of halogens is 1. The monoisotopic (exact) mass is 416 g/mol. The Labute approximate surface area is 167 Å². The minimum absolute atomic E-state index is 0.170. The van der Waals surface area contributed by atoms with Crippen LogP contribution in [0.3, 0.4) is 0 Å². The molecule has 0 saturated carbocycles. The highest BCUT2D eigenvalue weighted by Gasteiger charge is 2.32. The van der Waals surface area contributed by atoms with Gasteiger partial charge in [-0.2, -0.15) is 4.98 Å². The van der Waals surface area contributed by atoms with E-state index in [2.05, 4.69) is 20.6 Å². The molecular weight excluding hydrogens is 400 g/mol. The molecule has 1 atom stereocenters. The van der Waals surface area contributed by atoms with Crippen molar-refractivity contribution in [3.05, 3.63) is 69.7 Å². The Hall–Kier alpha value is -2.84. The maximum absolute atomic E-state index is 12.4. The number of aliphatic imine (C=N–C) groups is 1. The largest absolute Gasteiger partial charge is 0.423 e. The molecule has 9 heteroatoms. The van der Waals surface area contributed by atoms with Gasteiger partial charge in [-0.3, -0.25) is 5.32 Å². The van der Waals surface area contributed by atoms with Crippen molar-refractivity contribution < 1.29 is 12.8 Å². The zero-order valence-electron chi connectivity index (χ0n) is 15.1. The molecule has 1 aliphatic heterocycles. The molecule has 0 spiro atoms. The molecule has 0 radical (unpaired) electrons. The van der Waals surface area contributed by atoms with Crippen molar-refractivity contribution in [3.63, 3.8) is 0 Å². The molecule has 0 amide bonds. The van der Waals surface area contributed by atoms with Crippen molar-refractivity contribution >= 4 is 44.5 Å². The lowest BCUT2D eigenvalue weighted by Crippen LogP contribution is -2.36. The van der Waals surface area contributed by atoms with Crippen molar-refractivity contribution in [3.8, 4) is 0 Å². The molecule has 4 rings (SSSR count). The number of fused-ring (bicyclic) bond motifs is 1. The van der Waals surface area contributed by atoms with E-state index in [1.807, 2.05) is 24.3 Å². The number of allylic oxidation sites excluding steroid dienone is 1. The first-order chi connectivity index (χ1) is 13.3.